The lowest BCUT2D eigenvalue weighted by Gasteiger charge is -2.39. The highest BCUT2D eigenvalue weighted by atomic mass is 35.5. The zero-order valence-corrected chi connectivity index (χ0v) is 14.9. The molecule has 0 aliphatic carbocycles. The first-order valence-electron chi connectivity index (χ1n) is 7.76. The molecule has 1 amide bonds. The van der Waals surface area contributed by atoms with Crippen molar-refractivity contribution in [1.29, 1.82) is 0 Å². The van der Waals surface area contributed by atoms with Crippen LogP contribution < -0.4 is 10.6 Å². The molecule has 2 aromatic rings. The number of aromatic amines is 1. The van der Waals surface area contributed by atoms with E-state index in [4.69, 9.17) is 32.4 Å². The number of H-pyrrole nitrogens is 1. The van der Waals surface area contributed by atoms with Gasteiger partial charge in [0.2, 0.25) is 0 Å². The first-order valence-corrected chi connectivity index (χ1v) is 8.14. The minimum atomic E-state index is -2.66. The van der Waals surface area contributed by atoms with Gasteiger partial charge in [0.15, 0.2) is 5.72 Å². The minimum Gasteiger partial charge on any atom is -0.404 e. The second-order valence-corrected chi connectivity index (χ2v) is 6.21. The van der Waals surface area contributed by atoms with Crippen LogP contribution in [0.3, 0.4) is 0 Å². The van der Waals surface area contributed by atoms with Gasteiger partial charge in [-0.1, -0.05) is 11.6 Å². The number of anilines is 1. The van der Waals surface area contributed by atoms with Crippen molar-refractivity contribution in [3.05, 3.63) is 35.2 Å². The molecule has 4 radical (unpaired) electrons. The Morgan fingerprint density at radius 1 is 1.30 bits per heavy atom. The minimum absolute atomic E-state index is 0.00718. The third-order valence-corrected chi connectivity index (χ3v) is 4.02. The molecule has 140 valence electrons. The molecule has 2 rings (SSSR count). The number of amides is 1. The number of nitrogens with one attached hydrogen (secondary N) is 3. The van der Waals surface area contributed by atoms with Gasteiger partial charge in [-0.2, -0.15) is 0 Å². The maximum absolute atomic E-state index is 11.9. The highest BCUT2D eigenvalue weighted by molar-refractivity contribution is 6.40. The van der Waals surface area contributed by atoms with Crippen molar-refractivity contribution in [3.8, 4) is 11.1 Å². The van der Waals surface area contributed by atoms with Crippen LogP contribution in [0.5, 0.6) is 0 Å². The van der Waals surface area contributed by atoms with Crippen LogP contribution in [-0.4, -0.2) is 82.9 Å². The maximum atomic E-state index is 11.9. The number of carbonyl (C=O) groups excluding carboxylic acids is 1. The summed E-state index contributed by atoms with van der Waals surface area (Å²) in [7, 11) is 10.5. The predicted octanol–water partition coefficient (Wildman–Crippen LogP) is -1.47. The van der Waals surface area contributed by atoms with Gasteiger partial charge in [-0.05, 0) is 12.1 Å². The number of aromatic nitrogens is 2. The maximum Gasteiger partial charge on any atom is 0.267 e. The predicted molar refractivity (Wildman–Crippen MR) is 101 cm³/mol. The average Bonchev–Trinajstić information content (AvgIpc) is 3.10. The zero-order chi connectivity index (χ0) is 20.2. The van der Waals surface area contributed by atoms with Gasteiger partial charge in [0.05, 0.1) is 18.2 Å². The van der Waals surface area contributed by atoms with E-state index in [1.54, 1.807) is 0 Å². The fraction of sp³-hybridized carbons (Fsp3) is 0.333. The fourth-order valence-electron chi connectivity index (χ4n) is 2.15. The molecular weight excluding hydrogens is 373 g/mol. The van der Waals surface area contributed by atoms with E-state index in [0.29, 0.717) is 11.1 Å². The van der Waals surface area contributed by atoms with Gasteiger partial charge < -0.3 is 36.0 Å². The Morgan fingerprint density at radius 3 is 2.59 bits per heavy atom. The van der Waals surface area contributed by atoms with Crippen LogP contribution in [0.25, 0.3) is 11.1 Å². The molecule has 27 heavy (non-hydrogen) atoms. The van der Waals surface area contributed by atoms with Crippen molar-refractivity contribution < 1.29 is 25.2 Å². The number of halogens is 1. The molecule has 1 atom stereocenters. The second kappa shape index (κ2) is 8.32. The van der Waals surface area contributed by atoms with Gasteiger partial charge in [0.1, 0.15) is 27.2 Å². The molecular formula is C15H17B2ClN4O5. The fourth-order valence-corrected chi connectivity index (χ4v) is 2.36. The van der Waals surface area contributed by atoms with Crippen molar-refractivity contribution in [2.45, 2.75) is 11.1 Å². The van der Waals surface area contributed by atoms with E-state index in [1.807, 2.05) is 0 Å². The van der Waals surface area contributed by atoms with Crippen LogP contribution in [0.1, 0.15) is 10.5 Å². The van der Waals surface area contributed by atoms with Crippen LogP contribution in [0.4, 0.5) is 5.82 Å². The summed E-state index contributed by atoms with van der Waals surface area (Å²) >= 11 is 6.15. The first-order chi connectivity index (χ1) is 12.6. The SMILES string of the molecule is [B]C([B])(O)C(O)(CO)Nc1cc(-c2c[nH]c(C(=O)NCCO)c2)c(Cl)cn1. The lowest BCUT2D eigenvalue weighted by Crippen LogP contribution is -2.63. The van der Waals surface area contributed by atoms with Crippen LogP contribution in [0.15, 0.2) is 24.5 Å². The van der Waals surface area contributed by atoms with Gasteiger partial charge in [-0.3, -0.25) is 4.79 Å². The zero-order valence-electron chi connectivity index (χ0n) is 14.1. The highest BCUT2D eigenvalue weighted by Gasteiger charge is 2.41. The van der Waals surface area contributed by atoms with Gasteiger partial charge in [0.25, 0.3) is 5.91 Å². The standard InChI is InChI=1S/C15H17B2ClN4O5/c16-15(17,27)14(26,7-24)22-12-4-9(10(18)6-21-12)8-3-11(20-5-8)13(25)19-1-2-23/h3-6,20,23-24,26-27H,1-2,7H2,(H,19,25)(H,21,22). The molecule has 0 aliphatic heterocycles. The Hall–Kier alpha value is -2.04. The van der Waals surface area contributed by atoms with Crippen molar-refractivity contribution in [2.75, 3.05) is 25.1 Å². The number of hydrogen-bond acceptors (Lipinski definition) is 7. The van der Waals surface area contributed by atoms with Crippen molar-refractivity contribution in [3.63, 3.8) is 0 Å². The Bertz CT molecular complexity index is 814. The Balaban J connectivity index is 2.31. The summed E-state index contributed by atoms with van der Waals surface area (Å²) in [6, 6.07) is 2.94. The molecule has 0 aromatic carbocycles. The first kappa shape index (κ1) is 21.3. The van der Waals surface area contributed by atoms with E-state index in [2.05, 4.69) is 20.6 Å². The summed E-state index contributed by atoms with van der Waals surface area (Å²) in [5.41, 5.74) is -1.27. The summed E-state index contributed by atoms with van der Waals surface area (Å²) in [6.45, 7) is -1.08. The van der Waals surface area contributed by atoms with E-state index in [1.165, 1.54) is 24.5 Å². The molecule has 0 fully saturated rings. The molecule has 7 N–H and O–H groups in total. The molecule has 12 heteroatoms. The van der Waals surface area contributed by atoms with Gasteiger partial charge >= 0.3 is 0 Å². The number of aliphatic hydroxyl groups excluding tert-OH is 2. The third kappa shape index (κ3) is 4.82. The Kier molecular flexibility index (Phi) is 6.55. The highest BCUT2D eigenvalue weighted by Crippen LogP contribution is 2.31. The molecule has 0 bridgehead atoms. The summed E-state index contributed by atoms with van der Waals surface area (Å²) in [5.74, 6) is -0.405. The number of carbonyl (C=O) groups is 1. The number of rotatable bonds is 8. The van der Waals surface area contributed by atoms with Crippen molar-refractivity contribution >= 4 is 39.0 Å². The summed E-state index contributed by atoms with van der Waals surface area (Å²) in [4.78, 5) is 18.6. The smallest absolute Gasteiger partial charge is 0.267 e. The second-order valence-electron chi connectivity index (χ2n) is 5.80. The van der Waals surface area contributed by atoms with Crippen molar-refractivity contribution in [1.82, 2.24) is 15.3 Å². The van der Waals surface area contributed by atoms with Crippen molar-refractivity contribution in [2.24, 2.45) is 0 Å². The largest absolute Gasteiger partial charge is 0.404 e. The van der Waals surface area contributed by atoms with E-state index in [0.717, 1.165) is 0 Å². The number of aliphatic hydroxyl groups is 4. The molecule has 2 heterocycles. The lowest BCUT2D eigenvalue weighted by molar-refractivity contribution is -0.0713. The molecule has 9 nitrogen and oxygen atoms in total. The summed E-state index contributed by atoms with van der Waals surface area (Å²) < 4.78 is 0. The molecule has 0 aliphatic rings. The topological polar surface area (TPSA) is 151 Å². The molecule has 0 spiro atoms. The summed E-state index contributed by atoms with van der Waals surface area (Å²) in [6.07, 6.45) is 2.79. The molecule has 2 aromatic heterocycles. The normalized spacial score (nSPS) is 13.8. The monoisotopic (exact) mass is 390 g/mol. The quantitative estimate of drug-likeness (QED) is 0.215. The van der Waals surface area contributed by atoms with E-state index < -0.39 is 23.6 Å². The number of nitrogens with zero attached hydrogens (tertiary/aromatic N) is 1. The van der Waals surface area contributed by atoms with Crippen LogP contribution in [0, 0.1) is 0 Å². The van der Waals surface area contributed by atoms with Gasteiger partial charge in [-0.15, -0.1) is 0 Å². The van der Waals surface area contributed by atoms with E-state index >= 15 is 0 Å². The van der Waals surface area contributed by atoms with Crippen LogP contribution >= 0.6 is 11.6 Å². The van der Waals surface area contributed by atoms with E-state index in [-0.39, 0.29) is 29.7 Å². The Labute approximate surface area is 162 Å². The number of hydrogen-bond donors (Lipinski definition) is 7. The average molecular weight is 390 g/mol. The van der Waals surface area contributed by atoms with Crippen LogP contribution in [-0.2, 0) is 0 Å². The van der Waals surface area contributed by atoms with E-state index in [9.17, 15) is 20.1 Å². The summed E-state index contributed by atoms with van der Waals surface area (Å²) in [5, 5.41) is 40.3. The molecule has 0 saturated carbocycles. The number of pyridine rings is 1. The van der Waals surface area contributed by atoms with Crippen LogP contribution in [0.2, 0.25) is 5.02 Å². The van der Waals surface area contributed by atoms with Gasteiger partial charge in [-0.25, -0.2) is 4.98 Å². The lowest BCUT2D eigenvalue weighted by atomic mass is 9.59. The Morgan fingerprint density at radius 2 is 2.00 bits per heavy atom. The van der Waals surface area contributed by atoms with Gasteiger partial charge in [0, 0.05) is 35.5 Å². The molecule has 1 unspecified atom stereocenters. The molecule has 0 saturated heterocycles. The third-order valence-electron chi connectivity index (χ3n) is 3.72.